The molecule has 0 saturated carbocycles. The summed E-state index contributed by atoms with van der Waals surface area (Å²) in [4.78, 5) is 0.336. The van der Waals surface area contributed by atoms with Gasteiger partial charge < -0.3 is 5.32 Å². The van der Waals surface area contributed by atoms with Gasteiger partial charge >= 0.3 is 0 Å². The minimum atomic E-state index is -3.30. The molecule has 15 heavy (non-hydrogen) atoms. The third kappa shape index (κ3) is 2.31. The van der Waals surface area contributed by atoms with Gasteiger partial charge in [0.1, 0.15) is 0 Å². The highest BCUT2D eigenvalue weighted by molar-refractivity contribution is 7.89. The maximum absolute atomic E-state index is 11.5. The third-order valence-corrected chi connectivity index (χ3v) is 3.80. The van der Waals surface area contributed by atoms with Gasteiger partial charge in [-0.05, 0) is 30.3 Å². The van der Waals surface area contributed by atoms with Crippen molar-refractivity contribution in [3.63, 3.8) is 0 Å². The zero-order chi connectivity index (χ0) is 10.2. The van der Waals surface area contributed by atoms with Crippen LogP contribution < -0.4 is 10.0 Å². The maximum Gasteiger partial charge on any atom is 0.240 e. The Labute approximate surface area is 95.5 Å². The van der Waals surface area contributed by atoms with E-state index in [1.54, 1.807) is 12.1 Å². The van der Waals surface area contributed by atoms with E-state index in [0.717, 1.165) is 18.7 Å². The largest absolute Gasteiger partial charge is 0.309 e. The predicted molar refractivity (Wildman–Crippen MR) is 60.5 cm³/mol. The van der Waals surface area contributed by atoms with Crippen LogP contribution in [-0.4, -0.2) is 15.5 Å². The Bertz CT molecular complexity index is 459. The van der Waals surface area contributed by atoms with Crippen LogP contribution in [0, 0.1) is 0 Å². The fourth-order valence-electron chi connectivity index (χ4n) is 1.56. The number of sulfonamides is 1. The molecule has 1 heterocycles. The molecule has 6 heteroatoms. The molecule has 0 aromatic heterocycles. The van der Waals surface area contributed by atoms with Crippen molar-refractivity contribution >= 4 is 22.4 Å². The van der Waals surface area contributed by atoms with E-state index in [9.17, 15) is 8.42 Å². The first-order valence-corrected chi connectivity index (χ1v) is 5.88. The van der Waals surface area contributed by atoms with Gasteiger partial charge in [-0.2, -0.15) is 0 Å². The minimum absolute atomic E-state index is 0. The fraction of sp³-hybridized carbons (Fsp3) is 0.333. The van der Waals surface area contributed by atoms with Crippen LogP contribution in [0.15, 0.2) is 23.1 Å². The highest BCUT2D eigenvalue weighted by Gasteiger charge is 2.16. The van der Waals surface area contributed by atoms with E-state index < -0.39 is 10.0 Å². The fourth-order valence-corrected chi connectivity index (χ4v) is 2.34. The average Bonchev–Trinajstić information content (AvgIpc) is 2.64. The van der Waals surface area contributed by atoms with E-state index in [1.165, 1.54) is 12.6 Å². The second-order valence-corrected chi connectivity index (χ2v) is 5.13. The van der Waals surface area contributed by atoms with Crippen LogP contribution in [0.1, 0.15) is 11.1 Å². The lowest BCUT2D eigenvalue weighted by atomic mass is 10.1. The van der Waals surface area contributed by atoms with Crippen molar-refractivity contribution in [1.29, 1.82) is 0 Å². The summed E-state index contributed by atoms with van der Waals surface area (Å²) in [6.45, 7) is 1.58. The maximum atomic E-state index is 11.5. The molecule has 1 aromatic carbocycles. The molecular formula is C9H13ClN2O2S. The Balaban J connectivity index is 0.00000112. The first-order chi connectivity index (χ1) is 6.63. The van der Waals surface area contributed by atoms with E-state index in [0.29, 0.717) is 4.90 Å². The number of nitrogens with one attached hydrogen (secondary N) is 2. The van der Waals surface area contributed by atoms with Gasteiger partial charge in [0.2, 0.25) is 10.0 Å². The molecule has 0 aliphatic carbocycles. The van der Waals surface area contributed by atoms with E-state index in [-0.39, 0.29) is 12.4 Å². The zero-order valence-corrected chi connectivity index (χ0v) is 9.91. The molecule has 0 fully saturated rings. The first-order valence-electron chi connectivity index (χ1n) is 4.39. The zero-order valence-electron chi connectivity index (χ0n) is 8.28. The van der Waals surface area contributed by atoms with Gasteiger partial charge in [0, 0.05) is 13.1 Å². The van der Waals surface area contributed by atoms with E-state index in [2.05, 4.69) is 10.0 Å². The third-order valence-electron chi connectivity index (χ3n) is 2.39. The Kier molecular flexibility index (Phi) is 3.72. The van der Waals surface area contributed by atoms with Crippen LogP contribution in [-0.2, 0) is 23.1 Å². The summed E-state index contributed by atoms with van der Waals surface area (Å²) in [6.07, 6.45) is 0. The molecule has 0 radical (unpaired) electrons. The normalized spacial score (nSPS) is 14.5. The second kappa shape index (κ2) is 4.49. The molecule has 0 spiro atoms. The van der Waals surface area contributed by atoms with E-state index in [4.69, 9.17) is 0 Å². The average molecular weight is 249 g/mol. The predicted octanol–water partition coefficient (Wildman–Crippen LogP) is 0.620. The van der Waals surface area contributed by atoms with Gasteiger partial charge in [-0.15, -0.1) is 12.4 Å². The molecule has 1 aliphatic heterocycles. The standard InChI is InChI=1S/C9H12N2O2S.ClH/c1-10-14(12,13)9-3-2-7-5-11-6-8(7)4-9;/h2-4,10-11H,5-6H2,1H3;1H. The van der Waals surface area contributed by atoms with Crippen molar-refractivity contribution < 1.29 is 8.42 Å². The highest BCUT2D eigenvalue weighted by atomic mass is 35.5. The molecule has 0 saturated heterocycles. The number of hydrogen-bond donors (Lipinski definition) is 2. The Hall–Kier alpha value is -0.620. The summed E-state index contributed by atoms with van der Waals surface area (Å²) >= 11 is 0. The summed E-state index contributed by atoms with van der Waals surface area (Å²) in [5.41, 5.74) is 2.25. The molecule has 0 unspecified atom stereocenters. The Morgan fingerprint density at radius 2 is 1.93 bits per heavy atom. The molecule has 0 bridgehead atoms. The van der Waals surface area contributed by atoms with E-state index in [1.807, 2.05) is 6.07 Å². The lowest BCUT2D eigenvalue weighted by Crippen LogP contribution is -2.18. The van der Waals surface area contributed by atoms with Crippen molar-refractivity contribution in [1.82, 2.24) is 10.0 Å². The van der Waals surface area contributed by atoms with Crippen molar-refractivity contribution in [3.8, 4) is 0 Å². The van der Waals surface area contributed by atoms with Gasteiger partial charge in [-0.3, -0.25) is 0 Å². The summed E-state index contributed by atoms with van der Waals surface area (Å²) < 4.78 is 25.2. The Morgan fingerprint density at radius 3 is 2.60 bits per heavy atom. The monoisotopic (exact) mass is 248 g/mol. The SMILES string of the molecule is CNS(=O)(=O)c1ccc2c(c1)CNC2.Cl. The lowest BCUT2D eigenvalue weighted by molar-refractivity contribution is 0.588. The molecule has 0 amide bonds. The molecule has 4 nitrogen and oxygen atoms in total. The number of rotatable bonds is 2. The van der Waals surface area contributed by atoms with Crippen LogP contribution in [0.2, 0.25) is 0 Å². The summed E-state index contributed by atoms with van der Waals surface area (Å²) in [6, 6.07) is 5.22. The topological polar surface area (TPSA) is 58.2 Å². The van der Waals surface area contributed by atoms with Crippen LogP contribution in [0.3, 0.4) is 0 Å². The number of benzene rings is 1. The molecule has 1 aromatic rings. The van der Waals surface area contributed by atoms with Crippen LogP contribution in [0.5, 0.6) is 0 Å². The van der Waals surface area contributed by atoms with Gasteiger partial charge in [0.25, 0.3) is 0 Å². The number of fused-ring (bicyclic) bond motifs is 1. The summed E-state index contributed by atoms with van der Waals surface area (Å²) in [5, 5.41) is 3.17. The molecule has 2 rings (SSSR count). The van der Waals surface area contributed by atoms with Crippen molar-refractivity contribution in [2.75, 3.05) is 7.05 Å². The van der Waals surface area contributed by atoms with Crippen molar-refractivity contribution in [3.05, 3.63) is 29.3 Å². The Morgan fingerprint density at radius 1 is 1.27 bits per heavy atom. The highest BCUT2D eigenvalue weighted by Crippen LogP contribution is 2.19. The van der Waals surface area contributed by atoms with Gasteiger partial charge in [0.05, 0.1) is 4.90 Å². The van der Waals surface area contributed by atoms with Gasteiger partial charge in [0.15, 0.2) is 0 Å². The summed E-state index contributed by atoms with van der Waals surface area (Å²) in [7, 11) is -1.88. The molecule has 0 atom stereocenters. The smallest absolute Gasteiger partial charge is 0.240 e. The lowest BCUT2D eigenvalue weighted by Gasteiger charge is -2.04. The molecular weight excluding hydrogens is 236 g/mol. The van der Waals surface area contributed by atoms with Crippen LogP contribution >= 0.6 is 12.4 Å². The number of halogens is 1. The van der Waals surface area contributed by atoms with Crippen molar-refractivity contribution in [2.45, 2.75) is 18.0 Å². The molecule has 84 valence electrons. The van der Waals surface area contributed by atoms with Crippen LogP contribution in [0.25, 0.3) is 0 Å². The minimum Gasteiger partial charge on any atom is -0.309 e. The van der Waals surface area contributed by atoms with Gasteiger partial charge in [-0.25, -0.2) is 13.1 Å². The molecule has 1 aliphatic rings. The number of hydrogen-bond acceptors (Lipinski definition) is 3. The van der Waals surface area contributed by atoms with Crippen molar-refractivity contribution in [2.24, 2.45) is 0 Å². The summed E-state index contributed by atoms with van der Waals surface area (Å²) in [5.74, 6) is 0. The first kappa shape index (κ1) is 12.4. The second-order valence-electron chi connectivity index (χ2n) is 3.24. The quantitative estimate of drug-likeness (QED) is 0.807. The molecule has 2 N–H and O–H groups in total. The van der Waals surface area contributed by atoms with E-state index >= 15 is 0 Å². The van der Waals surface area contributed by atoms with Crippen LogP contribution in [0.4, 0.5) is 0 Å². The van der Waals surface area contributed by atoms with Gasteiger partial charge in [-0.1, -0.05) is 6.07 Å².